The van der Waals surface area contributed by atoms with Crippen molar-refractivity contribution in [1.82, 2.24) is 10.2 Å². The van der Waals surface area contributed by atoms with Crippen LogP contribution in [-0.2, 0) is 11.2 Å². The average molecular weight is 313 g/mol. The molecule has 2 heterocycles. The standard InChI is InChI=1S/C18H23N3O2/c1-14(22)21-11-7-15-13-16(5-6-17(15)21)18(23)19-8-12-20-9-3-2-4-10-20/h2-3,5-6,13H,4,7-12H2,1H3,(H,19,23). The van der Waals surface area contributed by atoms with Crippen molar-refractivity contribution < 1.29 is 9.59 Å². The summed E-state index contributed by atoms with van der Waals surface area (Å²) in [6, 6.07) is 5.60. The largest absolute Gasteiger partial charge is 0.351 e. The average Bonchev–Trinajstić information content (AvgIpc) is 2.99. The van der Waals surface area contributed by atoms with Crippen molar-refractivity contribution in [2.75, 3.05) is 37.6 Å². The third-order valence-corrected chi connectivity index (χ3v) is 4.47. The molecule has 0 saturated carbocycles. The lowest BCUT2D eigenvalue weighted by Gasteiger charge is -2.22. The Labute approximate surface area is 137 Å². The number of carbonyl (C=O) groups is 2. The number of anilines is 1. The fraction of sp³-hybridized carbons (Fsp3) is 0.444. The Morgan fingerprint density at radius 3 is 2.83 bits per heavy atom. The number of carbonyl (C=O) groups excluding carboxylic acids is 2. The second-order valence-corrected chi connectivity index (χ2v) is 6.08. The summed E-state index contributed by atoms with van der Waals surface area (Å²) < 4.78 is 0. The van der Waals surface area contributed by atoms with E-state index in [2.05, 4.69) is 22.4 Å². The summed E-state index contributed by atoms with van der Waals surface area (Å²) >= 11 is 0. The first-order chi connectivity index (χ1) is 11.1. The Hall–Kier alpha value is -2.14. The molecule has 0 unspecified atom stereocenters. The smallest absolute Gasteiger partial charge is 0.251 e. The zero-order chi connectivity index (χ0) is 16.2. The molecule has 1 N–H and O–H groups in total. The molecule has 1 aromatic rings. The zero-order valence-electron chi connectivity index (χ0n) is 13.5. The second kappa shape index (κ2) is 6.96. The summed E-state index contributed by atoms with van der Waals surface area (Å²) in [5, 5.41) is 2.99. The van der Waals surface area contributed by atoms with Crippen molar-refractivity contribution in [3.63, 3.8) is 0 Å². The van der Waals surface area contributed by atoms with Crippen molar-refractivity contribution in [3.05, 3.63) is 41.5 Å². The van der Waals surface area contributed by atoms with E-state index in [0.29, 0.717) is 18.7 Å². The Morgan fingerprint density at radius 1 is 1.22 bits per heavy atom. The normalized spacial score (nSPS) is 17.2. The summed E-state index contributed by atoms with van der Waals surface area (Å²) in [5.41, 5.74) is 2.69. The van der Waals surface area contributed by atoms with Gasteiger partial charge in [0.15, 0.2) is 0 Å². The van der Waals surface area contributed by atoms with Gasteiger partial charge in [-0.05, 0) is 36.6 Å². The van der Waals surface area contributed by atoms with E-state index in [1.54, 1.807) is 17.9 Å². The van der Waals surface area contributed by atoms with Gasteiger partial charge in [0.25, 0.3) is 5.91 Å². The highest BCUT2D eigenvalue weighted by Gasteiger charge is 2.23. The van der Waals surface area contributed by atoms with E-state index in [1.165, 1.54) is 0 Å². The van der Waals surface area contributed by atoms with Crippen molar-refractivity contribution in [2.24, 2.45) is 0 Å². The molecule has 0 radical (unpaired) electrons. The van der Waals surface area contributed by atoms with E-state index in [9.17, 15) is 9.59 Å². The topological polar surface area (TPSA) is 52.7 Å². The van der Waals surface area contributed by atoms with E-state index >= 15 is 0 Å². The Kier molecular flexibility index (Phi) is 4.76. The maximum atomic E-state index is 12.3. The highest BCUT2D eigenvalue weighted by molar-refractivity contribution is 5.97. The monoisotopic (exact) mass is 313 g/mol. The lowest BCUT2D eigenvalue weighted by Crippen LogP contribution is -2.36. The van der Waals surface area contributed by atoms with Gasteiger partial charge in [0.05, 0.1) is 0 Å². The lowest BCUT2D eigenvalue weighted by molar-refractivity contribution is -0.116. The quantitative estimate of drug-likeness (QED) is 0.859. The van der Waals surface area contributed by atoms with Gasteiger partial charge in [0.1, 0.15) is 0 Å². The molecule has 1 aromatic carbocycles. The van der Waals surface area contributed by atoms with Gasteiger partial charge < -0.3 is 10.2 Å². The first-order valence-corrected chi connectivity index (χ1v) is 8.22. The van der Waals surface area contributed by atoms with Gasteiger partial charge in [-0.25, -0.2) is 0 Å². The summed E-state index contributed by atoms with van der Waals surface area (Å²) in [4.78, 5) is 27.9. The van der Waals surface area contributed by atoms with E-state index in [0.717, 1.165) is 43.7 Å². The molecule has 5 heteroatoms. The van der Waals surface area contributed by atoms with Crippen LogP contribution in [0.25, 0.3) is 0 Å². The van der Waals surface area contributed by atoms with Crippen LogP contribution in [0.5, 0.6) is 0 Å². The van der Waals surface area contributed by atoms with Gasteiger partial charge in [-0.1, -0.05) is 12.2 Å². The Morgan fingerprint density at radius 2 is 2.09 bits per heavy atom. The third-order valence-electron chi connectivity index (χ3n) is 4.47. The zero-order valence-corrected chi connectivity index (χ0v) is 13.5. The first-order valence-electron chi connectivity index (χ1n) is 8.22. The van der Waals surface area contributed by atoms with Gasteiger partial charge in [0.2, 0.25) is 5.91 Å². The lowest BCUT2D eigenvalue weighted by atomic mass is 10.1. The number of amides is 2. The highest BCUT2D eigenvalue weighted by atomic mass is 16.2. The molecule has 2 aliphatic heterocycles. The molecule has 23 heavy (non-hydrogen) atoms. The number of fused-ring (bicyclic) bond motifs is 1. The summed E-state index contributed by atoms with van der Waals surface area (Å²) in [6.45, 7) is 5.84. The minimum absolute atomic E-state index is 0.0402. The Balaban J connectivity index is 1.56. The molecule has 122 valence electrons. The molecule has 0 fully saturated rings. The van der Waals surface area contributed by atoms with Gasteiger partial charge in [0, 0.05) is 50.9 Å². The van der Waals surface area contributed by atoms with Gasteiger partial charge in [-0.3, -0.25) is 14.5 Å². The van der Waals surface area contributed by atoms with Crippen LogP contribution in [-0.4, -0.2) is 49.4 Å². The fourth-order valence-electron chi connectivity index (χ4n) is 3.19. The van der Waals surface area contributed by atoms with E-state index < -0.39 is 0 Å². The third kappa shape index (κ3) is 3.62. The van der Waals surface area contributed by atoms with E-state index in [-0.39, 0.29) is 11.8 Å². The number of nitrogens with one attached hydrogen (secondary N) is 1. The maximum absolute atomic E-state index is 12.3. The van der Waals surface area contributed by atoms with Gasteiger partial charge in [-0.15, -0.1) is 0 Å². The molecule has 0 aromatic heterocycles. The molecule has 0 spiro atoms. The first kappa shape index (κ1) is 15.7. The van der Waals surface area contributed by atoms with Gasteiger partial charge >= 0.3 is 0 Å². The van der Waals surface area contributed by atoms with Crippen molar-refractivity contribution >= 4 is 17.5 Å². The van der Waals surface area contributed by atoms with Crippen LogP contribution < -0.4 is 10.2 Å². The Bertz CT molecular complexity index is 639. The van der Waals surface area contributed by atoms with Crippen molar-refractivity contribution in [1.29, 1.82) is 0 Å². The van der Waals surface area contributed by atoms with Gasteiger partial charge in [-0.2, -0.15) is 0 Å². The van der Waals surface area contributed by atoms with Crippen LogP contribution in [0.3, 0.4) is 0 Å². The summed E-state index contributed by atoms with van der Waals surface area (Å²) in [5.74, 6) is 0.0122. The number of hydrogen-bond acceptors (Lipinski definition) is 3. The summed E-state index contributed by atoms with van der Waals surface area (Å²) in [7, 11) is 0. The van der Waals surface area contributed by atoms with Crippen LogP contribution in [0.15, 0.2) is 30.4 Å². The molecule has 0 atom stereocenters. The van der Waals surface area contributed by atoms with Crippen LogP contribution in [0, 0.1) is 0 Å². The predicted octanol–water partition coefficient (Wildman–Crippen LogP) is 1.59. The molecule has 2 aliphatic rings. The van der Waals surface area contributed by atoms with Crippen molar-refractivity contribution in [2.45, 2.75) is 19.8 Å². The number of rotatable bonds is 4. The molecule has 0 aliphatic carbocycles. The molecule has 3 rings (SSSR count). The number of hydrogen-bond donors (Lipinski definition) is 1. The van der Waals surface area contributed by atoms with Crippen LogP contribution in [0.2, 0.25) is 0 Å². The minimum atomic E-state index is -0.0402. The summed E-state index contributed by atoms with van der Waals surface area (Å²) in [6.07, 6.45) is 6.28. The number of benzene rings is 1. The molecule has 0 bridgehead atoms. The number of nitrogens with zero attached hydrogens (tertiary/aromatic N) is 2. The predicted molar refractivity (Wildman–Crippen MR) is 90.7 cm³/mol. The molecular formula is C18H23N3O2. The van der Waals surface area contributed by atoms with Crippen molar-refractivity contribution in [3.8, 4) is 0 Å². The van der Waals surface area contributed by atoms with E-state index in [1.807, 2.05) is 12.1 Å². The molecule has 0 saturated heterocycles. The van der Waals surface area contributed by atoms with Crippen LogP contribution in [0.4, 0.5) is 5.69 Å². The maximum Gasteiger partial charge on any atom is 0.251 e. The van der Waals surface area contributed by atoms with E-state index in [4.69, 9.17) is 0 Å². The fourth-order valence-corrected chi connectivity index (χ4v) is 3.19. The SMILES string of the molecule is CC(=O)N1CCc2cc(C(=O)NCCN3CC=CCC3)ccc21. The molecule has 5 nitrogen and oxygen atoms in total. The highest BCUT2D eigenvalue weighted by Crippen LogP contribution is 2.28. The molecular weight excluding hydrogens is 290 g/mol. The molecule has 2 amide bonds. The van der Waals surface area contributed by atoms with Crippen LogP contribution in [0.1, 0.15) is 29.3 Å². The second-order valence-electron chi connectivity index (χ2n) is 6.08. The minimum Gasteiger partial charge on any atom is -0.351 e. The van der Waals surface area contributed by atoms with Crippen LogP contribution >= 0.6 is 0 Å².